The van der Waals surface area contributed by atoms with Crippen LogP contribution in [0.3, 0.4) is 0 Å². The summed E-state index contributed by atoms with van der Waals surface area (Å²) in [7, 11) is 0. The van der Waals surface area contributed by atoms with Crippen molar-refractivity contribution in [2.24, 2.45) is 0 Å². The summed E-state index contributed by atoms with van der Waals surface area (Å²) >= 11 is 1.30. The third-order valence-electron chi connectivity index (χ3n) is 1.03. The lowest BCUT2D eigenvalue weighted by atomic mass is 10.4. The fourth-order valence-corrected chi connectivity index (χ4v) is 1.07. The largest absolute Gasteiger partial charge is 0.265 e. The monoisotopic (exact) mass is 153 g/mol. The van der Waals surface area contributed by atoms with Crippen LogP contribution in [0.1, 0.15) is 0 Å². The van der Waals surface area contributed by atoms with Gasteiger partial charge in [-0.1, -0.05) is 9.70 Å². The fourth-order valence-electron chi connectivity index (χ4n) is 0.602. The standard InChI is InChI=1S/C4H3N5S/c1-3(7-8-5-1)4-2-6-9-10-4/h1-2H,(H,5,7,8). The van der Waals surface area contributed by atoms with Gasteiger partial charge in [0.15, 0.2) is 0 Å². The smallest absolute Gasteiger partial charge is 0.125 e. The van der Waals surface area contributed by atoms with Gasteiger partial charge in [-0.05, 0) is 11.5 Å². The lowest BCUT2D eigenvalue weighted by molar-refractivity contribution is 0.942. The molecule has 0 unspecified atom stereocenters. The predicted molar refractivity (Wildman–Crippen MR) is 35.3 cm³/mol. The predicted octanol–water partition coefficient (Wildman–Crippen LogP) is 0.323. The summed E-state index contributed by atoms with van der Waals surface area (Å²) in [6, 6.07) is 0. The Bertz CT molecular complexity index is 253. The minimum atomic E-state index is 0.787. The van der Waals surface area contributed by atoms with E-state index in [0.717, 1.165) is 10.6 Å². The summed E-state index contributed by atoms with van der Waals surface area (Å²) in [5.41, 5.74) is 0.787. The maximum atomic E-state index is 3.78. The first-order valence-electron chi connectivity index (χ1n) is 2.61. The highest BCUT2D eigenvalue weighted by Gasteiger charge is 2.01. The third-order valence-corrected chi connectivity index (χ3v) is 1.72. The molecule has 0 spiro atoms. The van der Waals surface area contributed by atoms with Crippen molar-refractivity contribution < 1.29 is 0 Å². The summed E-state index contributed by atoms with van der Waals surface area (Å²) in [6.45, 7) is 0. The van der Waals surface area contributed by atoms with Crippen molar-refractivity contribution in [1.29, 1.82) is 0 Å². The molecule has 10 heavy (non-hydrogen) atoms. The van der Waals surface area contributed by atoms with Crippen LogP contribution in [0.5, 0.6) is 0 Å². The van der Waals surface area contributed by atoms with E-state index in [1.54, 1.807) is 12.4 Å². The molecule has 0 radical (unpaired) electrons. The van der Waals surface area contributed by atoms with Crippen molar-refractivity contribution in [3.05, 3.63) is 12.4 Å². The van der Waals surface area contributed by atoms with Crippen molar-refractivity contribution in [2.75, 3.05) is 0 Å². The van der Waals surface area contributed by atoms with Crippen LogP contribution in [0, 0.1) is 0 Å². The zero-order valence-electron chi connectivity index (χ0n) is 4.85. The molecule has 6 heteroatoms. The molecule has 0 amide bonds. The van der Waals surface area contributed by atoms with Gasteiger partial charge in [0.25, 0.3) is 0 Å². The second kappa shape index (κ2) is 2.14. The van der Waals surface area contributed by atoms with Crippen LogP contribution in [-0.4, -0.2) is 25.0 Å². The van der Waals surface area contributed by atoms with Crippen molar-refractivity contribution in [2.45, 2.75) is 0 Å². The SMILES string of the molecule is c1[nH]nnc1-c1cnns1. The number of nitrogens with zero attached hydrogens (tertiary/aromatic N) is 4. The molecule has 0 saturated heterocycles. The van der Waals surface area contributed by atoms with Gasteiger partial charge in [0.1, 0.15) is 5.69 Å². The van der Waals surface area contributed by atoms with E-state index in [-0.39, 0.29) is 0 Å². The Morgan fingerprint density at radius 3 is 3.10 bits per heavy atom. The summed E-state index contributed by atoms with van der Waals surface area (Å²) in [6.07, 6.45) is 3.36. The molecule has 0 saturated carbocycles. The lowest BCUT2D eigenvalue weighted by Crippen LogP contribution is -1.70. The van der Waals surface area contributed by atoms with Crippen LogP contribution in [0.15, 0.2) is 12.4 Å². The molecule has 0 aliphatic carbocycles. The van der Waals surface area contributed by atoms with Crippen LogP contribution in [-0.2, 0) is 0 Å². The number of H-pyrrole nitrogens is 1. The van der Waals surface area contributed by atoms with Crippen LogP contribution < -0.4 is 0 Å². The highest BCUT2D eigenvalue weighted by atomic mass is 32.1. The van der Waals surface area contributed by atoms with Gasteiger partial charge in [-0.3, -0.25) is 5.10 Å². The van der Waals surface area contributed by atoms with Crippen molar-refractivity contribution in [1.82, 2.24) is 25.0 Å². The number of nitrogens with one attached hydrogen (secondary N) is 1. The Kier molecular flexibility index (Phi) is 1.17. The topological polar surface area (TPSA) is 67.3 Å². The zero-order valence-corrected chi connectivity index (χ0v) is 5.67. The molecule has 0 aliphatic rings. The summed E-state index contributed by atoms with van der Waals surface area (Å²) in [5, 5.41) is 13.6. The highest BCUT2D eigenvalue weighted by Crippen LogP contribution is 2.16. The second-order valence-electron chi connectivity index (χ2n) is 1.64. The Labute approximate surface area is 60.3 Å². The molecule has 50 valence electrons. The van der Waals surface area contributed by atoms with Crippen molar-refractivity contribution >= 4 is 11.5 Å². The van der Waals surface area contributed by atoms with Gasteiger partial charge < -0.3 is 0 Å². The average molecular weight is 153 g/mol. The minimum Gasteiger partial charge on any atom is -0.265 e. The molecular formula is C4H3N5S. The number of hydrogen-bond donors (Lipinski definition) is 1. The molecule has 1 N–H and O–H groups in total. The lowest BCUT2D eigenvalue weighted by Gasteiger charge is -1.78. The van der Waals surface area contributed by atoms with Gasteiger partial charge in [0, 0.05) is 0 Å². The quantitative estimate of drug-likeness (QED) is 0.640. The minimum absolute atomic E-state index is 0.787. The molecule has 0 atom stereocenters. The molecule has 5 nitrogen and oxygen atoms in total. The van der Waals surface area contributed by atoms with Crippen molar-refractivity contribution in [3.63, 3.8) is 0 Å². The molecular weight excluding hydrogens is 150 g/mol. The van der Waals surface area contributed by atoms with Gasteiger partial charge in [-0.2, -0.15) is 0 Å². The normalized spacial score (nSPS) is 10.0. The van der Waals surface area contributed by atoms with E-state index in [1.807, 2.05) is 0 Å². The molecule has 0 fully saturated rings. The van der Waals surface area contributed by atoms with Gasteiger partial charge in [-0.25, -0.2) is 0 Å². The Morgan fingerprint density at radius 2 is 2.50 bits per heavy atom. The molecule has 2 heterocycles. The van der Waals surface area contributed by atoms with E-state index in [4.69, 9.17) is 0 Å². The summed E-state index contributed by atoms with van der Waals surface area (Å²) < 4.78 is 3.69. The first-order chi connectivity index (χ1) is 4.97. The van der Waals surface area contributed by atoms with E-state index in [9.17, 15) is 0 Å². The maximum absolute atomic E-state index is 3.78. The number of hydrogen-bond acceptors (Lipinski definition) is 5. The number of aromatic amines is 1. The van der Waals surface area contributed by atoms with Crippen LogP contribution in [0.25, 0.3) is 10.6 Å². The van der Waals surface area contributed by atoms with Crippen molar-refractivity contribution in [3.8, 4) is 10.6 Å². The Balaban J connectivity index is 2.48. The molecule has 2 aromatic heterocycles. The number of rotatable bonds is 1. The van der Waals surface area contributed by atoms with Gasteiger partial charge in [-0.15, -0.1) is 10.2 Å². The summed E-state index contributed by atoms with van der Waals surface area (Å²) in [5.74, 6) is 0. The van der Waals surface area contributed by atoms with E-state index < -0.39 is 0 Å². The van der Waals surface area contributed by atoms with Gasteiger partial charge in [0.05, 0.1) is 17.3 Å². The highest BCUT2D eigenvalue weighted by molar-refractivity contribution is 7.09. The molecule has 0 bridgehead atoms. The van der Waals surface area contributed by atoms with Crippen LogP contribution >= 0.6 is 11.5 Å². The van der Waals surface area contributed by atoms with E-state index in [2.05, 4.69) is 25.0 Å². The second-order valence-corrected chi connectivity index (χ2v) is 2.43. The molecule has 0 aromatic carbocycles. The Hall–Kier alpha value is -1.30. The third kappa shape index (κ3) is 0.781. The zero-order chi connectivity index (χ0) is 6.81. The Morgan fingerprint density at radius 1 is 1.50 bits per heavy atom. The van der Waals surface area contributed by atoms with E-state index in [0.29, 0.717) is 0 Å². The van der Waals surface area contributed by atoms with Crippen LogP contribution in [0.4, 0.5) is 0 Å². The molecule has 0 aliphatic heterocycles. The van der Waals surface area contributed by atoms with E-state index in [1.165, 1.54) is 11.5 Å². The van der Waals surface area contributed by atoms with E-state index >= 15 is 0 Å². The summed E-state index contributed by atoms with van der Waals surface area (Å²) in [4.78, 5) is 0.925. The first-order valence-corrected chi connectivity index (χ1v) is 3.38. The average Bonchev–Trinajstić information content (AvgIpc) is 2.59. The van der Waals surface area contributed by atoms with Crippen LogP contribution in [0.2, 0.25) is 0 Å². The van der Waals surface area contributed by atoms with Gasteiger partial charge >= 0.3 is 0 Å². The first kappa shape index (κ1) is 5.48. The molecule has 2 aromatic rings. The van der Waals surface area contributed by atoms with Gasteiger partial charge in [0.2, 0.25) is 0 Å². The fraction of sp³-hybridized carbons (Fsp3) is 0. The number of aromatic nitrogens is 5. The maximum Gasteiger partial charge on any atom is 0.125 e. The molecule has 2 rings (SSSR count).